The lowest BCUT2D eigenvalue weighted by Gasteiger charge is -2.29. The Bertz CT molecular complexity index is 448. The van der Waals surface area contributed by atoms with Crippen LogP contribution in [-0.4, -0.2) is 54.6 Å². The molecular weight excluding hydrogens is 262 g/mol. The van der Waals surface area contributed by atoms with E-state index >= 15 is 0 Å². The summed E-state index contributed by atoms with van der Waals surface area (Å²) in [6, 6.07) is 0.655. The monoisotopic (exact) mass is 291 g/mol. The molecule has 1 saturated heterocycles. The van der Waals surface area contributed by atoms with Crippen LogP contribution in [0.2, 0.25) is 0 Å². The first-order chi connectivity index (χ1) is 10.2. The van der Waals surface area contributed by atoms with Gasteiger partial charge in [-0.3, -0.25) is 4.90 Å². The maximum atomic E-state index is 4.56. The minimum atomic E-state index is 0.655. The van der Waals surface area contributed by atoms with Crippen LogP contribution in [0, 0.1) is 0 Å². The summed E-state index contributed by atoms with van der Waals surface area (Å²) >= 11 is 0. The van der Waals surface area contributed by atoms with Crippen molar-refractivity contribution in [3.63, 3.8) is 0 Å². The highest BCUT2D eigenvalue weighted by molar-refractivity contribution is 5.58. The topological polar surface area (TPSA) is 44.3 Å². The van der Waals surface area contributed by atoms with Crippen LogP contribution < -0.4 is 10.2 Å². The average molecular weight is 291 g/mol. The third-order valence-corrected chi connectivity index (χ3v) is 4.41. The van der Waals surface area contributed by atoms with E-state index < -0.39 is 0 Å². The number of nitrogens with zero attached hydrogens (tertiary/aromatic N) is 4. The largest absolute Gasteiger partial charge is 0.373 e. The van der Waals surface area contributed by atoms with Gasteiger partial charge in [0.15, 0.2) is 0 Å². The maximum absolute atomic E-state index is 4.56. The highest BCUT2D eigenvalue weighted by Crippen LogP contribution is 2.26. The molecule has 5 nitrogen and oxygen atoms in total. The van der Waals surface area contributed by atoms with Gasteiger partial charge in [0.25, 0.3) is 0 Å². The van der Waals surface area contributed by atoms with Gasteiger partial charge in [-0.15, -0.1) is 0 Å². The fourth-order valence-electron chi connectivity index (χ4n) is 3.35. The van der Waals surface area contributed by atoms with Crippen molar-refractivity contribution in [2.45, 2.75) is 45.6 Å². The second-order valence-electron chi connectivity index (χ2n) is 5.83. The fraction of sp³-hybridized carbons (Fsp3) is 0.750. The molecule has 0 bridgehead atoms. The summed E-state index contributed by atoms with van der Waals surface area (Å²) in [5, 5.41) is 3.20. The van der Waals surface area contributed by atoms with Gasteiger partial charge in [-0.25, -0.2) is 9.97 Å². The van der Waals surface area contributed by atoms with Gasteiger partial charge in [0.05, 0.1) is 0 Å². The Balaban J connectivity index is 2.16. The summed E-state index contributed by atoms with van der Waals surface area (Å²) in [6.45, 7) is 7.88. The standard InChI is InChI=1S/C16H29N5/c1-5-8-14-15(17-3)18-12-19-16(14)20(4)11-13-9-7-10-21(13)6-2/h12-13H,5-11H2,1-4H3,(H,17,18,19). The normalized spacial score (nSPS) is 19.0. The van der Waals surface area contributed by atoms with E-state index in [1.54, 1.807) is 6.33 Å². The highest BCUT2D eigenvalue weighted by atomic mass is 15.2. The molecular formula is C16H29N5. The lowest BCUT2D eigenvalue weighted by atomic mass is 10.1. The maximum Gasteiger partial charge on any atom is 0.137 e. The number of rotatable bonds is 7. The van der Waals surface area contributed by atoms with E-state index in [0.29, 0.717) is 6.04 Å². The summed E-state index contributed by atoms with van der Waals surface area (Å²) in [6.07, 6.45) is 6.40. The van der Waals surface area contributed by atoms with Crippen molar-refractivity contribution in [1.29, 1.82) is 0 Å². The zero-order chi connectivity index (χ0) is 15.2. The molecule has 2 rings (SSSR count). The molecule has 5 heteroatoms. The fourth-order valence-corrected chi connectivity index (χ4v) is 3.35. The molecule has 1 aliphatic heterocycles. The van der Waals surface area contributed by atoms with E-state index in [4.69, 9.17) is 0 Å². The predicted molar refractivity (Wildman–Crippen MR) is 89.1 cm³/mol. The van der Waals surface area contributed by atoms with Crippen molar-refractivity contribution >= 4 is 11.6 Å². The first-order valence-electron chi connectivity index (χ1n) is 8.18. The number of likely N-dealkylation sites (tertiary alicyclic amines) is 1. The van der Waals surface area contributed by atoms with Crippen LogP contribution in [-0.2, 0) is 6.42 Å². The van der Waals surface area contributed by atoms with E-state index in [0.717, 1.165) is 37.6 Å². The van der Waals surface area contributed by atoms with Crippen LogP contribution in [0.25, 0.3) is 0 Å². The zero-order valence-electron chi connectivity index (χ0n) is 13.9. The predicted octanol–water partition coefficient (Wildman–Crippen LogP) is 2.39. The molecule has 118 valence electrons. The van der Waals surface area contributed by atoms with Crippen molar-refractivity contribution in [2.24, 2.45) is 0 Å². The van der Waals surface area contributed by atoms with Gasteiger partial charge >= 0.3 is 0 Å². The Labute approximate surface area is 128 Å². The summed E-state index contributed by atoms with van der Waals surface area (Å²) in [7, 11) is 4.09. The third kappa shape index (κ3) is 3.64. The van der Waals surface area contributed by atoms with Gasteiger partial charge in [0.1, 0.15) is 18.0 Å². The zero-order valence-corrected chi connectivity index (χ0v) is 13.9. The first kappa shape index (κ1) is 16.0. The summed E-state index contributed by atoms with van der Waals surface area (Å²) in [5.41, 5.74) is 1.24. The Hall–Kier alpha value is -1.36. The Kier molecular flexibility index (Phi) is 5.79. The van der Waals surface area contributed by atoms with Crippen LogP contribution in [0.3, 0.4) is 0 Å². The van der Waals surface area contributed by atoms with E-state index in [9.17, 15) is 0 Å². The van der Waals surface area contributed by atoms with E-state index in [1.165, 1.54) is 24.9 Å². The Morgan fingerprint density at radius 1 is 1.38 bits per heavy atom. The van der Waals surface area contributed by atoms with Crippen LogP contribution in [0.5, 0.6) is 0 Å². The van der Waals surface area contributed by atoms with Crippen molar-refractivity contribution in [2.75, 3.05) is 43.9 Å². The molecule has 0 saturated carbocycles. The molecule has 0 amide bonds. The van der Waals surface area contributed by atoms with E-state index in [-0.39, 0.29) is 0 Å². The van der Waals surface area contributed by atoms with Gasteiger partial charge in [-0.05, 0) is 32.4 Å². The van der Waals surface area contributed by atoms with E-state index in [2.05, 4.69) is 46.0 Å². The second kappa shape index (κ2) is 7.59. The van der Waals surface area contributed by atoms with Gasteiger partial charge in [-0.2, -0.15) is 0 Å². The lowest BCUT2D eigenvalue weighted by molar-refractivity contribution is 0.270. The van der Waals surface area contributed by atoms with Crippen LogP contribution in [0.4, 0.5) is 11.6 Å². The van der Waals surface area contributed by atoms with Crippen molar-refractivity contribution in [3.8, 4) is 0 Å². The highest BCUT2D eigenvalue weighted by Gasteiger charge is 2.25. The molecule has 21 heavy (non-hydrogen) atoms. The smallest absolute Gasteiger partial charge is 0.137 e. The number of hydrogen-bond donors (Lipinski definition) is 1. The molecule has 1 aliphatic rings. The SMILES string of the molecule is CCCc1c(NC)ncnc1N(C)CC1CCCN1CC. The molecule has 2 heterocycles. The molecule has 0 aliphatic carbocycles. The summed E-state index contributed by atoms with van der Waals surface area (Å²) in [4.78, 5) is 13.8. The van der Waals surface area contributed by atoms with Gasteiger partial charge in [0, 0.05) is 32.2 Å². The molecule has 1 fully saturated rings. The minimum Gasteiger partial charge on any atom is -0.373 e. The Morgan fingerprint density at radius 3 is 2.86 bits per heavy atom. The number of hydrogen-bond acceptors (Lipinski definition) is 5. The van der Waals surface area contributed by atoms with Crippen molar-refractivity contribution in [3.05, 3.63) is 11.9 Å². The number of nitrogens with one attached hydrogen (secondary N) is 1. The lowest BCUT2D eigenvalue weighted by Crippen LogP contribution is -2.39. The number of aromatic nitrogens is 2. The molecule has 0 aromatic carbocycles. The average Bonchev–Trinajstić information content (AvgIpc) is 2.94. The molecule has 1 aromatic heterocycles. The second-order valence-corrected chi connectivity index (χ2v) is 5.83. The van der Waals surface area contributed by atoms with Gasteiger partial charge in [-0.1, -0.05) is 20.3 Å². The third-order valence-electron chi connectivity index (χ3n) is 4.41. The van der Waals surface area contributed by atoms with Crippen LogP contribution in [0.1, 0.15) is 38.7 Å². The van der Waals surface area contributed by atoms with E-state index in [1.807, 2.05) is 7.05 Å². The van der Waals surface area contributed by atoms with Gasteiger partial charge < -0.3 is 10.2 Å². The molecule has 1 unspecified atom stereocenters. The molecule has 1 aromatic rings. The molecule has 1 N–H and O–H groups in total. The molecule has 1 atom stereocenters. The number of likely N-dealkylation sites (N-methyl/N-ethyl adjacent to an activating group) is 2. The van der Waals surface area contributed by atoms with Crippen LogP contribution in [0.15, 0.2) is 6.33 Å². The molecule has 0 spiro atoms. The molecule has 0 radical (unpaired) electrons. The minimum absolute atomic E-state index is 0.655. The van der Waals surface area contributed by atoms with Crippen molar-refractivity contribution in [1.82, 2.24) is 14.9 Å². The number of anilines is 2. The Morgan fingerprint density at radius 2 is 2.19 bits per heavy atom. The first-order valence-corrected chi connectivity index (χ1v) is 8.18. The summed E-state index contributed by atoms with van der Waals surface area (Å²) < 4.78 is 0. The summed E-state index contributed by atoms with van der Waals surface area (Å²) in [5.74, 6) is 2.05. The quantitative estimate of drug-likeness (QED) is 0.835. The van der Waals surface area contributed by atoms with Crippen molar-refractivity contribution < 1.29 is 0 Å². The van der Waals surface area contributed by atoms with Gasteiger partial charge in [0.2, 0.25) is 0 Å². The van der Waals surface area contributed by atoms with Crippen LogP contribution >= 0.6 is 0 Å².